The lowest BCUT2D eigenvalue weighted by Crippen LogP contribution is -2.23. The first kappa shape index (κ1) is 23.4. The van der Waals surface area contributed by atoms with Gasteiger partial charge in [-0.05, 0) is 0 Å². The zero-order chi connectivity index (χ0) is 8.20. The number of carboxylic acid groups (broad SMARTS) is 1. The first-order valence-electron chi connectivity index (χ1n) is 2.39. The quantitative estimate of drug-likeness (QED) is 0.495. The summed E-state index contributed by atoms with van der Waals surface area (Å²) in [5.41, 5.74) is 0. The van der Waals surface area contributed by atoms with E-state index in [9.17, 15) is 9.36 Å². The average Bonchev–Trinajstić information content (AvgIpc) is 1.59. The summed E-state index contributed by atoms with van der Waals surface area (Å²) in [5.74, 6) is -1.14. The molecule has 0 aromatic carbocycles. The van der Waals surface area contributed by atoms with Crippen LogP contribution in [0.4, 0.5) is 0 Å². The first-order chi connectivity index (χ1) is 4.42. The molecule has 0 heterocycles. The molecule has 0 rings (SSSR count). The van der Waals surface area contributed by atoms with Crippen LogP contribution >= 0.6 is 48.1 Å². The van der Waals surface area contributed by atoms with Gasteiger partial charge in [-0.2, -0.15) is 40.5 Å². The Labute approximate surface area is 96.6 Å². The SMILES string of the molecule is O=C(O)CNCP(=O)(O)O.S.S.S. The Hall–Kier alpha value is 0.630. The van der Waals surface area contributed by atoms with Crippen LogP contribution in [0.3, 0.4) is 0 Å². The fourth-order valence-corrected chi connectivity index (χ4v) is 0.712. The lowest BCUT2D eigenvalue weighted by molar-refractivity contribution is -0.135. The van der Waals surface area contributed by atoms with Crippen molar-refractivity contribution in [3.63, 3.8) is 0 Å². The second-order valence-electron chi connectivity index (χ2n) is 1.64. The summed E-state index contributed by atoms with van der Waals surface area (Å²) in [4.78, 5) is 26.1. The topological polar surface area (TPSA) is 107 Å². The number of nitrogens with one attached hydrogen (secondary N) is 1. The molecular formula is C3H14NO5PS3. The Kier molecular flexibility index (Phi) is 19.3. The normalized spacial score (nSPS) is 8.77. The Bertz CT molecular complexity index is 172. The van der Waals surface area contributed by atoms with Crippen LogP contribution in [0.2, 0.25) is 0 Å². The minimum Gasteiger partial charge on any atom is -0.480 e. The smallest absolute Gasteiger partial charge is 0.339 e. The molecule has 4 N–H and O–H groups in total. The molecule has 6 nitrogen and oxygen atoms in total. The second kappa shape index (κ2) is 10.7. The highest BCUT2D eigenvalue weighted by Crippen LogP contribution is 2.31. The summed E-state index contributed by atoms with van der Waals surface area (Å²) < 4.78 is 10.1. The third kappa shape index (κ3) is 24.5. The van der Waals surface area contributed by atoms with Crippen LogP contribution in [0.1, 0.15) is 0 Å². The lowest BCUT2D eigenvalue weighted by Gasteiger charge is -2.02. The third-order valence-electron chi connectivity index (χ3n) is 0.594. The first-order valence-corrected chi connectivity index (χ1v) is 4.18. The van der Waals surface area contributed by atoms with E-state index in [1.54, 1.807) is 0 Å². The van der Waals surface area contributed by atoms with Gasteiger partial charge >= 0.3 is 13.6 Å². The molecule has 0 fully saturated rings. The summed E-state index contributed by atoms with van der Waals surface area (Å²) in [5, 5.41) is 10.1. The molecule has 0 aliphatic rings. The van der Waals surface area contributed by atoms with Crippen LogP contribution in [0, 0.1) is 0 Å². The summed E-state index contributed by atoms with van der Waals surface area (Å²) in [7, 11) is -4.10. The molecule has 0 bridgehead atoms. The van der Waals surface area contributed by atoms with E-state index in [0.717, 1.165) is 0 Å². The molecule has 0 atom stereocenters. The van der Waals surface area contributed by atoms with Gasteiger partial charge in [0.05, 0.1) is 12.8 Å². The summed E-state index contributed by atoms with van der Waals surface area (Å²) in [6.45, 7) is -0.439. The van der Waals surface area contributed by atoms with E-state index >= 15 is 0 Å². The van der Waals surface area contributed by atoms with Gasteiger partial charge in [-0.3, -0.25) is 14.7 Å². The predicted molar refractivity (Wildman–Crippen MR) is 63.7 cm³/mol. The second-order valence-corrected chi connectivity index (χ2v) is 3.29. The highest BCUT2D eigenvalue weighted by molar-refractivity contribution is 7.59. The van der Waals surface area contributed by atoms with Crippen molar-refractivity contribution < 1.29 is 24.3 Å². The molecule has 0 aliphatic carbocycles. The van der Waals surface area contributed by atoms with Gasteiger partial charge in [0, 0.05) is 0 Å². The van der Waals surface area contributed by atoms with Gasteiger partial charge < -0.3 is 14.9 Å². The van der Waals surface area contributed by atoms with Crippen molar-refractivity contribution in [2.45, 2.75) is 0 Å². The van der Waals surface area contributed by atoms with E-state index in [1.807, 2.05) is 0 Å². The van der Waals surface area contributed by atoms with E-state index in [0.29, 0.717) is 0 Å². The highest BCUT2D eigenvalue weighted by Gasteiger charge is 2.11. The Morgan fingerprint density at radius 3 is 1.85 bits per heavy atom. The average molecular weight is 271 g/mol. The van der Waals surface area contributed by atoms with Crippen LogP contribution < -0.4 is 5.32 Å². The Balaban J connectivity index is -0.000000135. The summed E-state index contributed by atoms with van der Waals surface area (Å²) in [6.07, 6.45) is -0.598. The van der Waals surface area contributed by atoms with Crippen molar-refractivity contribution in [1.82, 2.24) is 5.32 Å². The molecule has 0 saturated carbocycles. The van der Waals surface area contributed by atoms with Crippen LogP contribution in [0.15, 0.2) is 0 Å². The number of carboxylic acids is 1. The van der Waals surface area contributed by atoms with E-state index in [1.165, 1.54) is 0 Å². The van der Waals surface area contributed by atoms with E-state index in [4.69, 9.17) is 14.9 Å². The lowest BCUT2D eigenvalue weighted by atomic mass is 10.7. The molecular weight excluding hydrogens is 257 g/mol. The molecule has 0 aliphatic heterocycles. The molecule has 0 saturated heterocycles. The molecule has 0 radical (unpaired) electrons. The predicted octanol–water partition coefficient (Wildman–Crippen LogP) is -0.866. The minimum absolute atomic E-state index is 0. The van der Waals surface area contributed by atoms with Gasteiger partial charge in [-0.1, -0.05) is 0 Å². The monoisotopic (exact) mass is 271 g/mol. The molecule has 10 heteroatoms. The van der Waals surface area contributed by atoms with Gasteiger partial charge in [0.25, 0.3) is 0 Å². The maximum atomic E-state index is 10.1. The fourth-order valence-electron chi connectivity index (χ4n) is 0.308. The molecule has 84 valence electrons. The zero-order valence-corrected chi connectivity index (χ0v) is 10.4. The van der Waals surface area contributed by atoms with E-state index in [-0.39, 0.29) is 40.5 Å². The summed E-state index contributed by atoms with van der Waals surface area (Å²) >= 11 is 0. The van der Waals surface area contributed by atoms with Gasteiger partial charge in [-0.25, -0.2) is 0 Å². The van der Waals surface area contributed by atoms with Crippen molar-refractivity contribution in [2.24, 2.45) is 0 Å². The van der Waals surface area contributed by atoms with Crippen molar-refractivity contribution >= 4 is 54.1 Å². The molecule has 0 unspecified atom stereocenters. The minimum atomic E-state index is -4.10. The molecule has 13 heavy (non-hydrogen) atoms. The number of hydrogen-bond donors (Lipinski definition) is 4. The number of rotatable bonds is 4. The van der Waals surface area contributed by atoms with Crippen molar-refractivity contribution in [3.8, 4) is 0 Å². The van der Waals surface area contributed by atoms with Crippen LogP contribution in [0.5, 0.6) is 0 Å². The molecule has 0 amide bonds. The van der Waals surface area contributed by atoms with Gasteiger partial charge in [-0.15, -0.1) is 0 Å². The standard InChI is InChI=1S/C3H8NO5P.3H2S/c5-3(6)1-4-2-10(7,8)9;;;/h4H,1-2H2,(H,5,6)(H2,7,8,9);3*1H2. The Morgan fingerprint density at radius 2 is 1.62 bits per heavy atom. The van der Waals surface area contributed by atoms with Gasteiger partial charge in [0.1, 0.15) is 0 Å². The summed E-state index contributed by atoms with van der Waals surface area (Å²) in [6, 6.07) is 0. The molecule has 0 aromatic heterocycles. The van der Waals surface area contributed by atoms with Crippen molar-refractivity contribution in [3.05, 3.63) is 0 Å². The maximum absolute atomic E-state index is 10.1. The van der Waals surface area contributed by atoms with E-state index in [2.05, 4.69) is 5.32 Å². The number of carbonyl (C=O) groups is 1. The van der Waals surface area contributed by atoms with Crippen molar-refractivity contribution in [1.29, 1.82) is 0 Å². The van der Waals surface area contributed by atoms with Crippen molar-refractivity contribution in [2.75, 3.05) is 12.8 Å². The Morgan fingerprint density at radius 1 is 1.23 bits per heavy atom. The largest absolute Gasteiger partial charge is 0.480 e. The highest BCUT2D eigenvalue weighted by atomic mass is 32.1. The number of aliphatic carboxylic acids is 1. The molecule has 0 spiro atoms. The zero-order valence-electron chi connectivity index (χ0n) is 6.52. The molecule has 0 aromatic rings. The van der Waals surface area contributed by atoms with Gasteiger partial charge in [0.15, 0.2) is 0 Å². The fraction of sp³-hybridized carbons (Fsp3) is 0.667. The van der Waals surface area contributed by atoms with Gasteiger partial charge in [0.2, 0.25) is 0 Å². The third-order valence-corrected chi connectivity index (χ3v) is 1.23. The van der Waals surface area contributed by atoms with E-state index < -0.39 is 26.4 Å². The van der Waals surface area contributed by atoms with Crippen LogP contribution in [-0.4, -0.2) is 33.7 Å². The van der Waals surface area contributed by atoms with Crippen LogP contribution in [-0.2, 0) is 9.36 Å². The maximum Gasteiger partial charge on any atom is 0.339 e. The van der Waals surface area contributed by atoms with Crippen LogP contribution in [0.25, 0.3) is 0 Å². The number of hydrogen-bond acceptors (Lipinski definition) is 3.